The van der Waals surface area contributed by atoms with E-state index in [-0.39, 0.29) is 29.7 Å². The third-order valence-electron chi connectivity index (χ3n) is 6.06. The van der Waals surface area contributed by atoms with Crippen molar-refractivity contribution < 1.29 is 18.4 Å². The molecule has 0 aliphatic carbocycles. The first-order valence-electron chi connectivity index (χ1n) is 11.1. The number of hydrogen-bond acceptors (Lipinski definition) is 6. The largest absolute Gasteiger partial charge is 0.357 e. The number of benzene rings is 2. The number of halogens is 2. The van der Waals surface area contributed by atoms with Crippen LogP contribution in [0.2, 0.25) is 0 Å². The van der Waals surface area contributed by atoms with Gasteiger partial charge in [-0.2, -0.15) is 11.3 Å². The highest BCUT2D eigenvalue weighted by Crippen LogP contribution is 2.38. The second-order valence-corrected chi connectivity index (χ2v) is 9.07. The van der Waals surface area contributed by atoms with Crippen LogP contribution in [0.3, 0.4) is 0 Å². The van der Waals surface area contributed by atoms with E-state index in [2.05, 4.69) is 25.9 Å². The molecular weight excluding hydrogens is 484 g/mol. The molecule has 0 fully saturated rings. The molecule has 0 bridgehead atoms. The molecule has 182 valence electrons. The Morgan fingerprint density at radius 3 is 2.61 bits per heavy atom. The number of fused-ring (bicyclic) bond motifs is 1. The fourth-order valence-electron chi connectivity index (χ4n) is 4.26. The zero-order valence-electron chi connectivity index (χ0n) is 19.4. The molecule has 0 radical (unpaired) electrons. The van der Waals surface area contributed by atoms with Crippen molar-refractivity contribution in [3.05, 3.63) is 92.8 Å². The summed E-state index contributed by atoms with van der Waals surface area (Å²) in [4.78, 5) is 34.6. The Kier molecular flexibility index (Phi) is 6.19. The second kappa shape index (κ2) is 9.46. The van der Waals surface area contributed by atoms with Crippen LogP contribution in [0.5, 0.6) is 0 Å². The molecule has 3 heterocycles. The highest BCUT2D eigenvalue weighted by molar-refractivity contribution is 7.08. The third-order valence-corrected chi connectivity index (χ3v) is 6.74. The highest BCUT2D eigenvalue weighted by atomic mass is 32.1. The SMILES string of the molecule is CNc1nc(-c2cc(NC(=O)c3ccsc3)ccc2C)c2c(n1)C(c1c(F)cccc1F)C(=O)NC2. The molecule has 2 aromatic heterocycles. The molecule has 1 aliphatic heterocycles. The number of carbonyl (C=O) groups is 2. The van der Waals surface area contributed by atoms with Gasteiger partial charge in [0.15, 0.2) is 0 Å². The Morgan fingerprint density at radius 2 is 1.92 bits per heavy atom. The van der Waals surface area contributed by atoms with E-state index in [1.54, 1.807) is 30.6 Å². The lowest BCUT2D eigenvalue weighted by Crippen LogP contribution is -2.37. The van der Waals surface area contributed by atoms with Crippen molar-refractivity contribution in [1.29, 1.82) is 0 Å². The van der Waals surface area contributed by atoms with Gasteiger partial charge in [0.1, 0.15) is 17.6 Å². The maximum atomic E-state index is 14.7. The molecule has 10 heteroatoms. The molecule has 4 aromatic rings. The number of amides is 2. The van der Waals surface area contributed by atoms with E-state index in [1.165, 1.54) is 17.4 Å². The zero-order valence-corrected chi connectivity index (χ0v) is 20.2. The van der Waals surface area contributed by atoms with E-state index >= 15 is 0 Å². The summed E-state index contributed by atoms with van der Waals surface area (Å²) in [6.45, 7) is 1.98. The van der Waals surface area contributed by atoms with Gasteiger partial charge in [-0.3, -0.25) is 9.59 Å². The van der Waals surface area contributed by atoms with Crippen LogP contribution in [-0.4, -0.2) is 28.8 Å². The first kappa shape index (κ1) is 23.6. The predicted octanol–water partition coefficient (Wildman–Crippen LogP) is 4.85. The number of nitrogens with one attached hydrogen (secondary N) is 3. The van der Waals surface area contributed by atoms with Crippen LogP contribution in [0.15, 0.2) is 53.2 Å². The van der Waals surface area contributed by atoms with Crippen LogP contribution < -0.4 is 16.0 Å². The number of carbonyl (C=O) groups excluding carboxylic acids is 2. The molecular formula is C26H21F2N5O2S. The summed E-state index contributed by atoms with van der Waals surface area (Å²) in [5.41, 5.74) is 3.56. The van der Waals surface area contributed by atoms with Gasteiger partial charge in [0.2, 0.25) is 11.9 Å². The number of thiophene rings is 1. The minimum atomic E-state index is -1.29. The molecule has 1 unspecified atom stereocenters. The van der Waals surface area contributed by atoms with Gasteiger partial charge < -0.3 is 16.0 Å². The number of anilines is 2. The highest BCUT2D eigenvalue weighted by Gasteiger charge is 2.37. The second-order valence-electron chi connectivity index (χ2n) is 8.29. The summed E-state index contributed by atoms with van der Waals surface area (Å²) < 4.78 is 29.5. The maximum absolute atomic E-state index is 14.7. The van der Waals surface area contributed by atoms with Gasteiger partial charge in [-0.1, -0.05) is 12.1 Å². The lowest BCUT2D eigenvalue weighted by Gasteiger charge is -2.27. The van der Waals surface area contributed by atoms with E-state index in [4.69, 9.17) is 0 Å². The number of aromatic nitrogens is 2. The van der Waals surface area contributed by atoms with Gasteiger partial charge in [0.25, 0.3) is 5.91 Å². The average Bonchev–Trinajstić information content (AvgIpc) is 3.41. The maximum Gasteiger partial charge on any atom is 0.256 e. The van der Waals surface area contributed by atoms with E-state index < -0.39 is 23.5 Å². The van der Waals surface area contributed by atoms with Gasteiger partial charge in [-0.15, -0.1) is 0 Å². The number of rotatable bonds is 5. The lowest BCUT2D eigenvalue weighted by atomic mass is 9.86. The smallest absolute Gasteiger partial charge is 0.256 e. The topological polar surface area (TPSA) is 96.0 Å². The molecule has 1 atom stereocenters. The molecule has 7 nitrogen and oxygen atoms in total. The summed E-state index contributed by atoms with van der Waals surface area (Å²) in [5, 5.41) is 12.1. The Balaban J connectivity index is 1.65. The minimum Gasteiger partial charge on any atom is -0.357 e. The van der Waals surface area contributed by atoms with Crippen molar-refractivity contribution in [2.24, 2.45) is 0 Å². The summed E-state index contributed by atoms with van der Waals surface area (Å²) in [6.07, 6.45) is 0. The molecule has 2 aromatic carbocycles. The molecule has 5 rings (SSSR count). The molecule has 36 heavy (non-hydrogen) atoms. The van der Waals surface area contributed by atoms with Crippen LogP contribution in [-0.2, 0) is 11.3 Å². The van der Waals surface area contributed by atoms with Gasteiger partial charge >= 0.3 is 0 Å². The fourth-order valence-corrected chi connectivity index (χ4v) is 4.89. The first-order valence-corrected chi connectivity index (χ1v) is 12.1. The quantitative estimate of drug-likeness (QED) is 0.361. The van der Waals surface area contributed by atoms with Crippen LogP contribution in [0, 0.1) is 18.6 Å². The van der Waals surface area contributed by atoms with Crippen molar-refractivity contribution in [1.82, 2.24) is 15.3 Å². The Labute approximate surface area is 209 Å². The standard InChI is InChI=1S/C26H21F2N5O2S/c1-13-6-7-15(31-24(34)14-8-9-36-12-14)10-16(13)22-17-11-30-25(35)21(23(17)33-26(29-2)32-22)20-18(27)4-3-5-19(20)28/h3-10,12,21H,11H2,1-2H3,(H,30,35)(H,31,34)(H,29,32,33). The Hall–Kier alpha value is -4.18. The van der Waals surface area contributed by atoms with Crippen molar-refractivity contribution in [3.63, 3.8) is 0 Å². The number of hydrogen-bond donors (Lipinski definition) is 3. The Morgan fingerprint density at radius 1 is 1.14 bits per heavy atom. The van der Waals surface area contributed by atoms with Crippen LogP contribution in [0.25, 0.3) is 11.3 Å². The molecule has 2 amide bonds. The van der Waals surface area contributed by atoms with Crippen molar-refractivity contribution >= 4 is 34.8 Å². The Bertz CT molecular complexity index is 1470. The average molecular weight is 506 g/mol. The molecule has 0 saturated heterocycles. The van der Waals surface area contributed by atoms with E-state index in [1.807, 2.05) is 18.4 Å². The van der Waals surface area contributed by atoms with Crippen LogP contribution >= 0.6 is 11.3 Å². The van der Waals surface area contributed by atoms with Gasteiger partial charge in [0.05, 0.1) is 17.0 Å². The summed E-state index contributed by atoms with van der Waals surface area (Å²) >= 11 is 1.43. The summed E-state index contributed by atoms with van der Waals surface area (Å²) in [7, 11) is 1.62. The molecule has 1 aliphatic rings. The van der Waals surface area contributed by atoms with Crippen molar-refractivity contribution in [3.8, 4) is 11.3 Å². The zero-order chi connectivity index (χ0) is 25.4. The first-order chi connectivity index (χ1) is 17.4. The van der Waals surface area contributed by atoms with Gasteiger partial charge in [0, 0.05) is 41.4 Å². The van der Waals surface area contributed by atoms with E-state index in [9.17, 15) is 18.4 Å². The normalized spacial score (nSPS) is 14.7. The third kappa shape index (κ3) is 4.20. The van der Waals surface area contributed by atoms with Crippen molar-refractivity contribution in [2.45, 2.75) is 19.4 Å². The van der Waals surface area contributed by atoms with Gasteiger partial charge in [-0.25, -0.2) is 18.7 Å². The number of aryl methyl sites for hydroxylation is 1. The molecule has 3 N–H and O–H groups in total. The van der Waals surface area contributed by atoms with Crippen LogP contribution in [0.1, 0.15) is 38.7 Å². The number of nitrogens with zero attached hydrogens (tertiary/aromatic N) is 2. The molecule has 0 saturated carbocycles. The van der Waals surface area contributed by atoms with Gasteiger partial charge in [-0.05, 0) is 48.2 Å². The predicted molar refractivity (Wildman–Crippen MR) is 134 cm³/mol. The summed E-state index contributed by atoms with van der Waals surface area (Å²) in [6, 6.07) is 10.6. The monoisotopic (exact) mass is 505 g/mol. The van der Waals surface area contributed by atoms with E-state index in [0.717, 1.165) is 17.7 Å². The fraction of sp³-hybridized carbons (Fsp3) is 0.154. The molecule has 0 spiro atoms. The lowest BCUT2D eigenvalue weighted by molar-refractivity contribution is -0.122. The van der Waals surface area contributed by atoms with E-state index in [0.29, 0.717) is 28.1 Å². The summed E-state index contributed by atoms with van der Waals surface area (Å²) in [5.74, 6) is -3.54. The van der Waals surface area contributed by atoms with Crippen LogP contribution in [0.4, 0.5) is 20.4 Å². The van der Waals surface area contributed by atoms with Crippen molar-refractivity contribution in [2.75, 3.05) is 17.7 Å². The minimum absolute atomic E-state index is 0.0883.